The summed E-state index contributed by atoms with van der Waals surface area (Å²) < 4.78 is 7.22. The number of nitrogens with two attached hydrogens (primary N) is 1. The summed E-state index contributed by atoms with van der Waals surface area (Å²) in [5, 5.41) is 2.25. The van der Waals surface area contributed by atoms with Crippen LogP contribution in [0.1, 0.15) is 55.1 Å². The van der Waals surface area contributed by atoms with Crippen molar-refractivity contribution in [1.29, 1.82) is 0 Å². The van der Waals surface area contributed by atoms with Crippen LogP contribution in [0.15, 0.2) is 12.1 Å². The molecule has 2 amide bonds. The number of hydrogen-bond acceptors (Lipinski definition) is 4. The lowest BCUT2D eigenvalue weighted by molar-refractivity contribution is -0.143. The number of carbonyl (C=O) groups excluding carboxylic acids is 3. The van der Waals surface area contributed by atoms with Crippen molar-refractivity contribution in [3.63, 3.8) is 0 Å². The minimum Gasteiger partial charge on any atom is -0.452 e. The van der Waals surface area contributed by atoms with Gasteiger partial charge in [0, 0.05) is 23.5 Å². The van der Waals surface area contributed by atoms with Crippen molar-refractivity contribution in [3.8, 4) is 0 Å². The lowest BCUT2D eigenvalue weighted by Crippen LogP contribution is -2.35. The SMILES string of the molecule is Cc1cc(/C=C/C(=O)OCC(=O)NCC(N)=O)c(C)n1C1CCCCC1. The van der Waals surface area contributed by atoms with Crippen molar-refractivity contribution in [2.45, 2.75) is 52.0 Å². The van der Waals surface area contributed by atoms with Gasteiger partial charge >= 0.3 is 5.97 Å². The number of ether oxygens (including phenoxy) is 1. The van der Waals surface area contributed by atoms with Crippen LogP contribution in [0.2, 0.25) is 0 Å². The maximum atomic E-state index is 11.8. The third-order valence-electron chi connectivity index (χ3n) is 4.67. The molecule has 0 radical (unpaired) electrons. The highest BCUT2D eigenvalue weighted by molar-refractivity contribution is 5.90. The maximum Gasteiger partial charge on any atom is 0.331 e. The minimum absolute atomic E-state index is 0.278. The molecule has 1 aromatic heterocycles. The zero-order valence-electron chi connectivity index (χ0n) is 15.4. The van der Waals surface area contributed by atoms with E-state index in [1.165, 1.54) is 43.9 Å². The monoisotopic (exact) mass is 361 g/mol. The number of hydrogen-bond donors (Lipinski definition) is 2. The molecule has 0 spiro atoms. The third kappa shape index (κ3) is 5.47. The van der Waals surface area contributed by atoms with Crippen LogP contribution < -0.4 is 11.1 Å². The quantitative estimate of drug-likeness (QED) is 0.570. The fourth-order valence-corrected chi connectivity index (χ4v) is 3.45. The summed E-state index contributed by atoms with van der Waals surface area (Å²) in [6.07, 6.45) is 9.25. The Hall–Kier alpha value is -2.57. The Morgan fingerprint density at radius 2 is 1.96 bits per heavy atom. The predicted molar refractivity (Wildman–Crippen MR) is 98.2 cm³/mol. The topological polar surface area (TPSA) is 103 Å². The van der Waals surface area contributed by atoms with Crippen molar-refractivity contribution >= 4 is 23.9 Å². The first-order valence-corrected chi connectivity index (χ1v) is 8.96. The van der Waals surface area contributed by atoms with Crippen LogP contribution >= 0.6 is 0 Å². The second kappa shape index (κ2) is 9.22. The van der Waals surface area contributed by atoms with E-state index in [0.29, 0.717) is 6.04 Å². The first kappa shape index (κ1) is 19.8. The zero-order chi connectivity index (χ0) is 19.1. The molecule has 1 aromatic rings. The largest absolute Gasteiger partial charge is 0.452 e. The van der Waals surface area contributed by atoms with Gasteiger partial charge in [-0.05, 0) is 44.4 Å². The number of rotatable bonds is 7. The molecule has 3 N–H and O–H groups in total. The molecular weight excluding hydrogens is 334 g/mol. The summed E-state index contributed by atoms with van der Waals surface area (Å²) in [6.45, 7) is 3.42. The van der Waals surface area contributed by atoms with E-state index in [1.54, 1.807) is 6.08 Å². The van der Waals surface area contributed by atoms with E-state index in [0.717, 1.165) is 11.3 Å². The van der Waals surface area contributed by atoms with Gasteiger partial charge in [0.1, 0.15) is 0 Å². The van der Waals surface area contributed by atoms with Gasteiger partial charge in [-0.2, -0.15) is 0 Å². The van der Waals surface area contributed by atoms with E-state index < -0.39 is 24.4 Å². The molecule has 0 saturated heterocycles. The van der Waals surface area contributed by atoms with Gasteiger partial charge < -0.3 is 20.4 Å². The summed E-state index contributed by atoms with van der Waals surface area (Å²) in [7, 11) is 0. The molecule has 0 aromatic carbocycles. The molecule has 2 rings (SSSR count). The molecule has 1 heterocycles. The van der Waals surface area contributed by atoms with Crippen molar-refractivity contribution in [2.24, 2.45) is 5.73 Å². The minimum atomic E-state index is -0.655. The number of nitrogens with one attached hydrogen (secondary N) is 1. The fraction of sp³-hybridized carbons (Fsp3) is 0.526. The molecule has 7 heteroatoms. The standard InChI is InChI=1S/C19H27N3O4/c1-13-10-15(14(2)22(13)16-6-4-3-5-7-16)8-9-19(25)26-12-18(24)21-11-17(20)23/h8-10,16H,3-7,11-12H2,1-2H3,(H2,20,23)(H,21,24)/b9-8+. The highest BCUT2D eigenvalue weighted by Gasteiger charge is 2.19. The average molecular weight is 361 g/mol. The first-order chi connectivity index (χ1) is 12.4. The Morgan fingerprint density at radius 1 is 1.27 bits per heavy atom. The zero-order valence-corrected chi connectivity index (χ0v) is 15.4. The van der Waals surface area contributed by atoms with Crippen LogP contribution in [0.3, 0.4) is 0 Å². The van der Waals surface area contributed by atoms with Gasteiger partial charge in [-0.1, -0.05) is 19.3 Å². The number of carbonyl (C=O) groups is 3. The van der Waals surface area contributed by atoms with E-state index >= 15 is 0 Å². The average Bonchev–Trinajstić information content (AvgIpc) is 2.90. The molecule has 0 unspecified atom stereocenters. The second-order valence-corrected chi connectivity index (χ2v) is 6.67. The van der Waals surface area contributed by atoms with E-state index in [9.17, 15) is 14.4 Å². The normalized spacial score (nSPS) is 15.2. The Bertz CT molecular complexity index is 700. The van der Waals surface area contributed by atoms with Crippen molar-refractivity contribution < 1.29 is 19.1 Å². The lowest BCUT2D eigenvalue weighted by atomic mass is 9.95. The lowest BCUT2D eigenvalue weighted by Gasteiger charge is -2.26. The second-order valence-electron chi connectivity index (χ2n) is 6.67. The summed E-state index contributed by atoms with van der Waals surface area (Å²) in [5.74, 6) is -1.83. The molecule has 0 aliphatic heterocycles. The van der Waals surface area contributed by atoms with E-state index in [-0.39, 0.29) is 6.54 Å². The Kier molecular flexibility index (Phi) is 7.00. The smallest absolute Gasteiger partial charge is 0.331 e. The molecule has 1 fully saturated rings. The number of nitrogens with zero attached hydrogens (tertiary/aromatic N) is 1. The van der Waals surface area contributed by atoms with Crippen molar-refractivity contribution in [3.05, 3.63) is 29.1 Å². The first-order valence-electron chi connectivity index (χ1n) is 8.96. The number of primary amides is 1. The number of esters is 1. The summed E-state index contributed by atoms with van der Waals surface area (Å²) in [4.78, 5) is 33.7. The Morgan fingerprint density at radius 3 is 2.62 bits per heavy atom. The molecule has 1 aliphatic rings. The van der Waals surface area contributed by atoms with Gasteiger partial charge in [-0.15, -0.1) is 0 Å². The van der Waals surface area contributed by atoms with Gasteiger partial charge in [0.05, 0.1) is 6.54 Å². The molecule has 0 bridgehead atoms. The number of aromatic nitrogens is 1. The van der Waals surface area contributed by atoms with Gasteiger partial charge in [-0.3, -0.25) is 9.59 Å². The van der Waals surface area contributed by atoms with Crippen molar-refractivity contribution in [2.75, 3.05) is 13.2 Å². The predicted octanol–water partition coefficient (Wildman–Crippen LogP) is 1.77. The molecule has 1 aliphatic carbocycles. The van der Waals surface area contributed by atoms with Crippen LogP contribution in [-0.4, -0.2) is 35.5 Å². The van der Waals surface area contributed by atoms with Crippen LogP contribution in [0.4, 0.5) is 0 Å². The van der Waals surface area contributed by atoms with E-state index in [1.807, 2.05) is 0 Å². The van der Waals surface area contributed by atoms with Crippen LogP contribution in [-0.2, 0) is 19.1 Å². The van der Waals surface area contributed by atoms with Gasteiger partial charge in [0.25, 0.3) is 5.91 Å². The highest BCUT2D eigenvalue weighted by Crippen LogP contribution is 2.32. The maximum absolute atomic E-state index is 11.8. The van der Waals surface area contributed by atoms with Crippen molar-refractivity contribution in [1.82, 2.24) is 9.88 Å². The Labute approximate surface area is 153 Å². The summed E-state index contributed by atoms with van der Waals surface area (Å²) in [5.41, 5.74) is 8.22. The molecule has 142 valence electrons. The molecule has 1 saturated carbocycles. The van der Waals surface area contributed by atoms with Gasteiger partial charge in [0.2, 0.25) is 5.91 Å². The molecular formula is C19H27N3O4. The molecule has 0 atom stereocenters. The van der Waals surface area contributed by atoms with Crippen LogP contribution in [0.25, 0.3) is 6.08 Å². The van der Waals surface area contributed by atoms with Crippen LogP contribution in [0, 0.1) is 13.8 Å². The molecule has 26 heavy (non-hydrogen) atoms. The van der Waals surface area contributed by atoms with Gasteiger partial charge in [0.15, 0.2) is 6.61 Å². The number of amides is 2. The van der Waals surface area contributed by atoms with Crippen LogP contribution in [0.5, 0.6) is 0 Å². The number of aryl methyl sites for hydroxylation is 1. The van der Waals surface area contributed by atoms with Gasteiger partial charge in [-0.25, -0.2) is 4.79 Å². The summed E-state index contributed by atoms with van der Waals surface area (Å²) in [6, 6.07) is 2.60. The third-order valence-corrected chi connectivity index (χ3v) is 4.67. The van der Waals surface area contributed by atoms with E-state index in [4.69, 9.17) is 10.5 Å². The van der Waals surface area contributed by atoms with E-state index in [2.05, 4.69) is 29.8 Å². The fourth-order valence-electron chi connectivity index (χ4n) is 3.45. The highest BCUT2D eigenvalue weighted by atomic mass is 16.5. The summed E-state index contributed by atoms with van der Waals surface area (Å²) >= 11 is 0. The Balaban J connectivity index is 1.92. The molecule has 7 nitrogen and oxygen atoms in total.